The number of halogens is 1. The third-order valence-corrected chi connectivity index (χ3v) is 7.12. The molecule has 1 aliphatic heterocycles. The summed E-state index contributed by atoms with van der Waals surface area (Å²) in [5.41, 5.74) is 0.757. The second kappa shape index (κ2) is 10.2. The molecule has 0 unspecified atom stereocenters. The molecule has 0 saturated carbocycles. The van der Waals surface area contributed by atoms with E-state index in [1.54, 1.807) is 24.3 Å². The summed E-state index contributed by atoms with van der Waals surface area (Å²) in [4.78, 5) is 25.1. The van der Waals surface area contributed by atoms with Crippen LogP contribution in [0.25, 0.3) is 0 Å². The Morgan fingerprint density at radius 1 is 1.10 bits per heavy atom. The first-order valence-corrected chi connectivity index (χ1v) is 11.7. The van der Waals surface area contributed by atoms with Gasteiger partial charge in [-0.2, -0.15) is 4.31 Å². The first kappa shape index (κ1) is 23.2. The minimum atomic E-state index is -3.88. The number of nitrogens with one attached hydrogen (secondary N) is 2. The van der Waals surface area contributed by atoms with E-state index in [0.717, 1.165) is 6.42 Å². The van der Waals surface area contributed by atoms with Crippen molar-refractivity contribution in [2.45, 2.75) is 18.2 Å². The number of carbonyl (C=O) groups is 2. The SMILES string of the molecule is CCCNC(=O)c1ccccc1NC(=O)c1ccc(Cl)c(S(=O)(=O)N2CCOCC2)c1. The highest BCUT2D eigenvalue weighted by Gasteiger charge is 2.29. The van der Waals surface area contributed by atoms with Crippen LogP contribution < -0.4 is 10.6 Å². The van der Waals surface area contributed by atoms with Gasteiger partial charge in [-0.25, -0.2) is 8.42 Å². The van der Waals surface area contributed by atoms with Crippen molar-refractivity contribution in [2.75, 3.05) is 38.2 Å². The summed E-state index contributed by atoms with van der Waals surface area (Å²) in [6.07, 6.45) is 0.783. The third-order valence-electron chi connectivity index (χ3n) is 4.74. The van der Waals surface area contributed by atoms with Gasteiger partial charge in [0.1, 0.15) is 4.90 Å². The average Bonchev–Trinajstić information content (AvgIpc) is 2.78. The number of carbonyl (C=O) groups excluding carboxylic acids is 2. The van der Waals surface area contributed by atoms with E-state index in [-0.39, 0.29) is 34.5 Å². The lowest BCUT2D eigenvalue weighted by molar-refractivity contribution is 0.0730. The lowest BCUT2D eigenvalue weighted by Gasteiger charge is -2.26. The third kappa shape index (κ3) is 5.43. The molecule has 0 aliphatic carbocycles. The molecule has 10 heteroatoms. The summed E-state index contributed by atoms with van der Waals surface area (Å²) in [5, 5.41) is 5.49. The number of sulfonamides is 1. The van der Waals surface area contributed by atoms with Gasteiger partial charge < -0.3 is 15.4 Å². The fourth-order valence-corrected chi connectivity index (χ4v) is 5.00. The first-order valence-electron chi connectivity index (χ1n) is 9.90. The highest BCUT2D eigenvalue weighted by Crippen LogP contribution is 2.27. The van der Waals surface area contributed by atoms with Crippen molar-refractivity contribution < 1.29 is 22.7 Å². The maximum absolute atomic E-state index is 13.0. The summed E-state index contributed by atoms with van der Waals surface area (Å²) >= 11 is 6.16. The Kier molecular flexibility index (Phi) is 7.66. The van der Waals surface area contributed by atoms with Crippen molar-refractivity contribution in [1.82, 2.24) is 9.62 Å². The Bertz CT molecular complexity index is 1070. The van der Waals surface area contributed by atoms with Crippen molar-refractivity contribution in [3.8, 4) is 0 Å². The van der Waals surface area contributed by atoms with Gasteiger partial charge in [-0.05, 0) is 36.8 Å². The van der Waals surface area contributed by atoms with Gasteiger partial charge in [0.25, 0.3) is 11.8 Å². The molecule has 3 rings (SSSR count). The molecule has 0 spiro atoms. The molecule has 2 aromatic carbocycles. The van der Waals surface area contributed by atoms with Gasteiger partial charge in [-0.15, -0.1) is 0 Å². The number of morpholine rings is 1. The Morgan fingerprint density at radius 2 is 1.81 bits per heavy atom. The van der Waals surface area contributed by atoms with Crippen LogP contribution in [-0.4, -0.2) is 57.4 Å². The highest BCUT2D eigenvalue weighted by molar-refractivity contribution is 7.89. The standard InChI is InChI=1S/C21H24ClN3O5S/c1-2-9-23-21(27)16-5-3-4-6-18(16)24-20(26)15-7-8-17(22)19(14-15)31(28,29)25-10-12-30-13-11-25/h3-8,14H,2,9-13H2,1H3,(H,23,27)(H,24,26). The van der Waals surface area contributed by atoms with Crippen molar-refractivity contribution in [1.29, 1.82) is 0 Å². The molecule has 0 bridgehead atoms. The molecule has 0 aromatic heterocycles. The molecule has 1 heterocycles. The van der Waals surface area contributed by atoms with E-state index in [1.165, 1.54) is 22.5 Å². The average molecular weight is 466 g/mol. The summed E-state index contributed by atoms with van der Waals surface area (Å²) in [5.74, 6) is -0.852. The van der Waals surface area contributed by atoms with E-state index >= 15 is 0 Å². The van der Waals surface area contributed by atoms with Crippen LogP contribution in [0.2, 0.25) is 5.02 Å². The second-order valence-corrected chi connectivity index (χ2v) is 9.23. The van der Waals surface area contributed by atoms with Crippen LogP contribution in [-0.2, 0) is 14.8 Å². The molecule has 0 radical (unpaired) electrons. The van der Waals surface area contributed by atoms with Gasteiger partial charge in [-0.3, -0.25) is 9.59 Å². The van der Waals surface area contributed by atoms with Crippen molar-refractivity contribution >= 4 is 39.1 Å². The predicted octanol–water partition coefficient (Wildman–Crippen LogP) is 2.75. The molecular weight excluding hydrogens is 442 g/mol. The quantitative estimate of drug-likeness (QED) is 0.654. The molecule has 1 saturated heterocycles. The van der Waals surface area contributed by atoms with Gasteiger partial charge >= 0.3 is 0 Å². The Balaban J connectivity index is 1.86. The summed E-state index contributed by atoms with van der Waals surface area (Å²) in [6, 6.07) is 10.7. The minimum absolute atomic E-state index is 0.0300. The Hall–Kier alpha value is -2.46. The van der Waals surface area contributed by atoms with Crippen molar-refractivity contribution in [3.05, 3.63) is 58.6 Å². The summed E-state index contributed by atoms with van der Waals surface area (Å²) in [7, 11) is -3.88. The largest absolute Gasteiger partial charge is 0.379 e. The monoisotopic (exact) mass is 465 g/mol. The van der Waals surface area contributed by atoms with E-state index in [0.29, 0.717) is 31.0 Å². The molecule has 2 N–H and O–H groups in total. The fourth-order valence-electron chi connectivity index (χ4n) is 3.09. The minimum Gasteiger partial charge on any atom is -0.379 e. The van der Waals surface area contributed by atoms with E-state index in [1.807, 2.05) is 6.92 Å². The van der Waals surface area contributed by atoms with Crippen LogP contribution in [0, 0.1) is 0 Å². The smallest absolute Gasteiger partial charge is 0.255 e. The molecule has 1 aliphatic rings. The fraction of sp³-hybridized carbons (Fsp3) is 0.333. The van der Waals surface area contributed by atoms with Gasteiger partial charge in [0.2, 0.25) is 10.0 Å². The Labute approximate surface area is 186 Å². The zero-order valence-electron chi connectivity index (χ0n) is 17.1. The Morgan fingerprint density at radius 3 is 2.52 bits per heavy atom. The van der Waals surface area contributed by atoms with Gasteiger partial charge in [-0.1, -0.05) is 30.7 Å². The molecule has 31 heavy (non-hydrogen) atoms. The lowest BCUT2D eigenvalue weighted by atomic mass is 10.1. The molecule has 2 amide bonds. The molecule has 1 fully saturated rings. The predicted molar refractivity (Wildman–Crippen MR) is 118 cm³/mol. The topological polar surface area (TPSA) is 105 Å². The van der Waals surface area contributed by atoms with Crippen LogP contribution in [0.1, 0.15) is 34.1 Å². The number of anilines is 1. The molecule has 2 aromatic rings. The van der Waals surface area contributed by atoms with E-state index in [4.69, 9.17) is 16.3 Å². The number of hydrogen-bond donors (Lipinski definition) is 2. The number of nitrogens with zero attached hydrogens (tertiary/aromatic N) is 1. The van der Waals surface area contributed by atoms with Crippen LogP contribution >= 0.6 is 11.6 Å². The number of amides is 2. The van der Waals surface area contributed by atoms with Gasteiger partial charge in [0, 0.05) is 25.2 Å². The molecule has 8 nitrogen and oxygen atoms in total. The highest BCUT2D eigenvalue weighted by atomic mass is 35.5. The second-order valence-electron chi connectivity index (χ2n) is 6.92. The molecule has 0 atom stereocenters. The van der Waals surface area contributed by atoms with Crippen LogP contribution in [0.3, 0.4) is 0 Å². The van der Waals surface area contributed by atoms with Crippen LogP contribution in [0.15, 0.2) is 47.4 Å². The number of ether oxygens (including phenoxy) is 1. The number of benzene rings is 2. The van der Waals surface area contributed by atoms with Crippen LogP contribution in [0.4, 0.5) is 5.69 Å². The van der Waals surface area contributed by atoms with Crippen LogP contribution in [0.5, 0.6) is 0 Å². The summed E-state index contributed by atoms with van der Waals surface area (Å²) < 4.78 is 32.5. The molecule has 166 valence electrons. The lowest BCUT2D eigenvalue weighted by Crippen LogP contribution is -2.40. The maximum atomic E-state index is 13.0. The number of hydrogen-bond acceptors (Lipinski definition) is 5. The maximum Gasteiger partial charge on any atom is 0.255 e. The number of para-hydroxylation sites is 1. The zero-order valence-corrected chi connectivity index (χ0v) is 18.6. The van der Waals surface area contributed by atoms with E-state index in [9.17, 15) is 18.0 Å². The van der Waals surface area contributed by atoms with Crippen molar-refractivity contribution in [2.24, 2.45) is 0 Å². The van der Waals surface area contributed by atoms with Gasteiger partial charge in [0.05, 0.1) is 29.5 Å². The first-order chi connectivity index (χ1) is 14.8. The van der Waals surface area contributed by atoms with E-state index < -0.39 is 15.9 Å². The molecular formula is C21H24ClN3O5S. The van der Waals surface area contributed by atoms with E-state index in [2.05, 4.69) is 10.6 Å². The number of rotatable bonds is 7. The normalized spacial score (nSPS) is 14.8. The zero-order chi connectivity index (χ0) is 22.4. The summed E-state index contributed by atoms with van der Waals surface area (Å²) in [6.45, 7) is 3.49. The van der Waals surface area contributed by atoms with Gasteiger partial charge in [0.15, 0.2) is 0 Å². The van der Waals surface area contributed by atoms with Crippen molar-refractivity contribution in [3.63, 3.8) is 0 Å².